The van der Waals surface area contributed by atoms with Crippen LogP contribution in [0.2, 0.25) is 5.02 Å². The van der Waals surface area contributed by atoms with Crippen molar-refractivity contribution >= 4 is 39.1 Å². The van der Waals surface area contributed by atoms with Crippen LogP contribution in [0.25, 0.3) is 10.2 Å². The lowest BCUT2D eigenvalue weighted by Gasteiger charge is -2.34. The van der Waals surface area contributed by atoms with Gasteiger partial charge in [0.1, 0.15) is 11.3 Å². The van der Waals surface area contributed by atoms with Crippen molar-refractivity contribution in [2.75, 3.05) is 32.7 Å². The van der Waals surface area contributed by atoms with E-state index in [9.17, 15) is 14.7 Å². The Balaban J connectivity index is 1.22. The average Bonchev–Trinajstić information content (AvgIpc) is 3.30. The first-order chi connectivity index (χ1) is 18.0. The number of aromatic amines is 1. The Morgan fingerprint density at radius 2 is 1.84 bits per heavy atom. The SMILES string of the molecule is O=C(CCNCCc1cccc(Cl)c1)N(CCNCCc1ccc(O)c2[nH]c(=O)sc12)C1CCCCC1. The number of nitrogens with zero attached hydrogens (tertiary/aromatic N) is 1. The highest BCUT2D eigenvalue weighted by Gasteiger charge is 2.24. The fourth-order valence-corrected chi connectivity index (χ4v) is 6.22. The molecule has 1 aliphatic rings. The summed E-state index contributed by atoms with van der Waals surface area (Å²) in [5, 5.41) is 17.6. The van der Waals surface area contributed by atoms with Gasteiger partial charge >= 0.3 is 4.87 Å². The van der Waals surface area contributed by atoms with Crippen molar-refractivity contribution in [2.45, 2.75) is 57.4 Å². The Morgan fingerprint density at radius 3 is 2.65 bits per heavy atom. The van der Waals surface area contributed by atoms with Gasteiger partial charge in [0.25, 0.3) is 0 Å². The zero-order valence-electron chi connectivity index (χ0n) is 21.2. The number of carbonyl (C=O) groups excluding carboxylic acids is 1. The van der Waals surface area contributed by atoms with Gasteiger partial charge in [0.15, 0.2) is 0 Å². The molecule has 0 radical (unpaired) electrons. The van der Waals surface area contributed by atoms with E-state index in [1.807, 2.05) is 24.3 Å². The van der Waals surface area contributed by atoms with Crippen molar-refractivity contribution in [3.05, 3.63) is 62.2 Å². The summed E-state index contributed by atoms with van der Waals surface area (Å²) in [6, 6.07) is 11.7. The molecule has 9 heteroatoms. The van der Waals surface area contributed by atoms with Gasteiger partial charge in [0.05, 0.1) is 4.70 Å². The van der Waals surface area contributed by atoms with Gasteiger partial charge in [0.2, 0.25) is 5.91 Å². The molecule has 0 atom stereocenters. The molecule has 1 saturated carbocycles. The monoisotopic (exact) mass is 544 g/mol. The highest BCUT2D eigenvalue weighted by Crippen LogP contribution is 2.28. The molecule has 0 spiro atoms. The number of fused-ring (bicyclic) bond motifs is 1. The number of nitrogens with one attached hydrogen (secondary N) is 3. The summed E-state index contributed by atoms with van der Waals surface area (Å²) in [7, 11) is 0. The predicted molar refractivity (Wildman–Crippen MR) is 152 cm³/mol. The fourth-order valence-electron chi connectivity index (χ4n) is 5.11. The minimum Gasteiger partial charge on any atom is -0.506 e. The summed E-state index contributed by atoms with van der Waals surface area (Å²) in [6.07, 6.45) is 7.96. The number of benzene rings is 2. The Kier molecular flexibility index (Phi) is 10.4. The molecule has 4 N–H and O–H groups in total. The molecule has 200 valence electrons. The van der Waals surface area contributed by atoms with Crippen LogP contribution >= 0.6 is 22.9 Å². The molecule has 1 amide bonds. The second-order valence-electron chi connectivity index (χ2n) is 9.72. The predicted octanol–water partition coefficient (Wildman–Crippen LogP) is 4.46. The number of hydrogen-bond donors (Lipinski definition) is 4. The average molecular weight is 545 g/mol. The molecule has 3 aromatic rings. The largest absolute Gasteiger partial charge is 0.506 e. The van der Waals surface area contributed by atoms with Gasteiger partial charge < -0.3 is 25.6 Å². The third-order valence-corrected chi connectivity index (χ3v) is 8.26. The molecule has 1 aliphatic carbocycles. The van der Waals surface area contributed by atoms with E-state index in [1.165, 1.54) is 24.8 Å². The van der Waals surface area contributed by atoms with Gasteiger partial charge in [-0.15, -0.1) is 0 Å². The second kappa shape index (κ2) is 14.0. The number of aromatic hydroxyl groups is 1. The van der Waals surface area contributed by atoms with Crippen LogP contribution in [0.15, 0.2) is 41.2 Å². The second-order valence-corrected chi connectivity index (χ2v) is 11.1. The number of thiazole rings is 1. The van der Waals surface area contributed by atoms with E-state index in [4.69, 9.17) is 11.6 Å². The van der Waals surface area contributed by atoms with Crippen LogP contribution in [0.5, 0.6) is 5.75 Å². The van der Waals surface area contributed by atoms with Crippen LogP contribution in [0.1, 0.15) is 49.7 Å². The standard InChI is InChI=1S/C28H37ClN4O3S/c29-22-6-4-5-20(19-22)11-14-30-16-13-25(35)33(23-7-2-1-3-8-23)18-17-31-15-12-21-9-10-24(34)26-27(21)37-28(36)32-26/h4-6,9-10,19,23,30-31,34H,1-3,7-8,11-18H2,(H,32,36). The highest BCUT2D eigenvalue weighted by molar-refractivity contribution is 7.16. The number of amides is 1. The van der Waals surface area contributed by atoms with E-state index in [0.717, 1.165) is 71.9 Å². The number of H-pyrrole nitrogens is 1. The lowest BCUT2D eigenvalue weighted by molar-refractivity contribution is -0.134. The number of phenolic OH excluding ortho intramolecular Hbond substituents is 1. The van der Waals surface area contributed by atoms with Gasteiger partial charge in [-0.05, 0) is 68.1 Å². The molecule has 1 aromatic heterocycles. The smallest absolute Gasteiger partial charge is 0.305 e. The zero-order valence-corrected chi connectivity index (χ0v) is 22.8. The maximum Gasteiger partial charge on any atom is 0.305 e. The molecule has 7 nitrogen and oxygen atoms in total. The minimum absolute atomic E-state index is 0.102. The number of phenols is 1. The van der Waals surface area contributed by atoms with Crippen LogP contribution in [-0.2, 0) is 17.6 Å². The molecule has 0 bridgehead atoms. The van der Waals surface area contributed by atoms with Gasteiger partial charge in [-0.1, -0.05) is 60.4 Å². The lowest BCUT2D eigenvalue weighted by atomic mass is 9.94. The Morgan fingerprint density at radius 1 is 1.05 bits per heavy atom. The van der Waals surface area contributed by atoms with Crippen molar-refractivity contribution in [3.8, 4) is 5.75 Å². The summed E-state index contributed by atoms with van der Waals surface area (Å²) in [5.41, 5.74) is 2.75. The first-order valence-electron chi connectivity index (χ1n) is 13.3. The van der Waals surface area contributed by atoms with Crippen molar-refractivity contribution in [1.29, 1.82) is 0 Å². The van der Waals surface area contributed by atoms with Crippen LogP contribution in [-0.4, -0.2) is 59.7 Å². The van der Waals surface area contributed by atoms with Crippen LogP contribution in [0.4, 0.5) is 0 Å². The molecule has 1 heterocycles. The van der Waals surface area contributed by atoms with Gasteiger partial charge in [-0.25, -0.2) is 0 Å². The number of rotatable bonds is 13. The van der Waals surface area contributed by atoms with E-state index in [1.54, 1.807) is 6.07 Å². The normalized spacial score (nSPS) is 14.3. The molecule has 0 unspecified atom stereocenters. The van der Waals surface area contributed by atoms with Crippen molar-refractivity contribution in [1.82, 2.24) is 20.5 Å². The fraction of sp³-hybridized carbons (Fsp3) is 0.500. The quantitative estimate of drug-likeness (QED) is 0.238. The van der Waals surface area contributed by atoms with Crippen molar-refractivity contribution < 1.29 is 9.90 Å². The molecular formula is C28H37ClN4O3S. The van der Waals surface area contributed by atoms with Gasteiger partial charge in [-0.2, -0.15) is 0 Å². The van der Waals surface area contributed by atoms with Crippen molar-refractivity contribution in [3.63, 3.8) is 0 Å². The van der Waals surface area contributed by atoms with E-state index >= 15 is 0 Å². The van der Waals surface area contributed by atoms with Gasteiger partial charge in [-0.3, -0.25) is 9.59 Å². The van der Waals surface area contributed by atoms with Crippen molar-refractivity contribution in [2.24, 2.45) is 0 Å². The van der Waals surface area contributed by atoms with Crippen LogP contribution < -0.4 is 15.5 Å². The van der Waals surface area contributed by atoms with Crippen LogP contribution in [0.3, 0.4) is 0 Å². The van der Waals surface area contributed by atoms with Crippen LogP contribution in [0, 0.1) is 0 Å². The van der Waals surface area contributed by atoms with E-state index in [2.05, 4.69) is 26.6 Å². The van der Waals surface area contributed by atoms with E-state index < -0.39 is 0 Å². The Hall–Kier alpha value is -2.39. The molecular weight excluding hydrogens is 508 g/mol. The van der Waals surface area contributed by atoms with E-state index in [-0.39, 0.29) is 16.5 Å². The summed E-state index contributed by atoms with van der Waals surface area (Å²) in [4.78, 5) is 29.6. The summed E-state index contributed by atoms with van der Waals surface area (Å²) in [5.74, 6) is 0.326. The highest BCUT2D eigenvalue weighted by atomic mass is 35.5. The Labute approximate surface area is 227 Å². The topological polar surface area (TPSA) is 97.5 Å². The molecule has 0 saturated heterocycles. The number of carbonyl (C=O) groups is 1. The Bertz CT molecular complexity index is 1220. The zero-order chi connectivity index (χ0) is 26.0. The molecule has 0 aliphatic heterocycles. The summed E-state index contributed by atoms with van der Waals surface area (Å²) in [6.45, 7) is 3.67. The lowest BCUT2D eigenvalue weighted by Crippen LogP contribution is -2.45. The first kappa shape index (κ1) is 27.6. The first-order valence-corrected chi connectivity index (χ1v) is 14.5. The summed E-state index contributed by atoms with van der Waals surface area (Å²) < 4.78 is 0.814. The number of aromatic nitrogens is 1. The third-order valence-electron chi connectivity index (χ3n) is 7.07. The van der Waals surface area contributed by atoms with E-state index in [0.29, 0.717) is 31.1 Å². The maximum atomic E-state index is 13.2. The molecule has 2 aromatic carbocycles. The molecule has 37 heavy (non-hydrogen) atoms. The number of hydrogen-bond acceptors (Lipinski definition) is 6. The minimum atomic E-state index is -0.161. The molecule has 4 rings (SSSR count). The van der Waals surface area contributed by atoms with Gasteiger partial charge in [0, 0.05) is 37.1 Å². The third kappa shape index (κ3) is 8.04. The molecule has 1 fully saturated rings. The summed E-state index contributed by atoms with van der Waals surface area (Å²) >= 11 is 7.19. The maximum absolute atomic E-state index is 13.2. The number of halogens is 1.